The van der Waals surface area contributed by atoms with Gasteiger partial charge in [0.05, 0.1) is 11.0 Å². The molecule has 1 aromatic heterocycles. The minimum atomic E-state index is 0.584. The highest BCUT2D eigenvalue weighted by atomic mass is 16.6. The average molecular weight is 337 g/mol. The topological polar surface area (TPSA) is 62.3 Å². The zero-order valence-electron chi connectivity index (χ0n) is 14.5. The Bertz CT molecular complexity index is 884. The third-order valence-corrected chi connectivity index (χ3v) is 4.57. The molecule has 5 heteroatoms. The van der Waals surface area contributed by atoms with Gasteiger partial charge in [0.25, 0.3) is 0 Å². The van der Waals surface area contributed by atoms with E-state index < -0.39 is 0 Å². The largest absolute Gasteiger partial charge is 0.486 e. The van der Waals surface area contributed by atoms with Gasteiger partial charge in [0.15, 0.2) is 11.5 Å². The van der Waals surface area contributed by atoms with Crippen LogP contribution in [0.2, 0.25) is 0 Å². The van der Waals surface area contributed by atoms with E-state index in [-0.39, 0.29) is 0 Å². The number of nitrogens with zero attached hydrogens (tertiary/aromatic N) is 2. The number of anilines is 1. The van der Waals surface area contributed by atoms with Crippen molar-refractivity contribution in [3.05, 3.63) is 36.4 Å². The lowest BCUT2D eigenvalue weighted by Crippen LogP contribution is -2.15. The second-order valence-electron chi connectivity index (χ2n) is 6.40. The molecular weight excluding hydrogens is 314 g/mol. The summed E-state index contributed by atoms with van der Waals surface area (Å²) in [5.74, 6) is 2.55. The normalized spacial score (nSPS) is 13.3. The molecule has 0 fully saturated rings. The smallest absolute Gasteiger partial charge is 0.163 e. The number of unbranched alkanes of at least 4 members (excludes halogenated alkanes) is 2. The van der Waals surface area contributed by atoms with Crippen LogP contribution in [-0.2, 0) is 6.54 Å². The van der Waals surface area contributed by atoms with Gasteiger partial charge in [-0.15, -0.1) is 0 Å². The predicted octanol–water partition coefficient (Wildman–Crippen LogP) is 4.25. The number of aromatic nitrogens is 2. The minimum Gasteiger partial charge on any atom is -0.486 e. The summed E-state index contributed by atoms with van der Waals surface area (Å²) in [6.45, 7) is 4.33. The monoisotopic (exact) mass is 337 g/mol. The maximum absolute atomic E-state index is 5.84. The van der Waals surface area contributed by atoms with Crippen LogP contribution < -0.4 is 15.2 Å². The average Bonchev–Trinajstić information content (AvgIpc) is 2.98. The summed E-state index contributed by atoms with van der Waals surface area (Å²) in [5, 5.41) is 0. The highest BCUT2D eigenvalue weighted by Gasteiger charge is 2.18. The van der Waals surface area contributed by atoms with Gasteiger partial charge in [0, 0.05) is 29.9 Å². The molecule has 0 radical (unpaired) electrons. The second-order valence-corrected chi connectivity index (χ2v) is 6.40. The summed E-state index contributed by atoms with van der Waals surface area (Å²) >= 11 is 0. The van der Waals surface area contributed by atoms with Crippen molar-refractivity contribution in [2.45, 2.75) is 32.7 Å². The summed E-state index contributed by atoms with van der Waals surface area (Å²) in [7, 11) is 0. The summed E-state index contributed by atoms with van der Waals surface area (Å²) in [6, 6.07) is 11.9. The van der Waals surface area contributed by atoms with Gasteiger partial charge in [-0.05, 0) is 30.7 Å². The van der Waals surface area contributed by atoms with Gasteiger partial charge in [0.1, 0.15) is 19.0 Å². The van der Waals surface area contributed by atoms with Crippen molar-refractivity contribution >= 4 is 16.7 Å². The fraction of sp³-hybridized carbons (Fsp3) is 0.350. The van der Waals surface area contributed by atoms with Crippen molar-refractivity contribution < 1.29 is 9.47 Å². The van der Waals surface area contributed by atoms with E-state index in [1.807, 2.05) is 30.3 Å². The Hall–Kier alpha value is -2.69. The fourth-order valence-electron chi connectivity index (χ4n) is 3.26. The van der Waals surface area contributed by atoms with Gasteiger partial charge in [0.2, 0.25) is 0 Å². The number of imidazole rings is 1. The quantitative estimate of drug-likeness (QED) is 0.558. The molecule has 0 atom stereocenters. The molecule has 130 valence electrons. The Balaban J connectivity index is 1.84. The number of fused-ring (bicyclic) bond motifs is 2. The van der Waals surface area contributed by atoms with Crippen LogP contribution in [-0.4, -0.2) is 22.8 Å². The van der Waals surface area contributed by atoms with E-state index in [1.54, 1.807) is 0 Å². The molecular formula is C20H23N3O2. The molecule has 0 saturated carbocycles. The number of aryl methyl sites for hydroxylation is 1. The molecule has 0 saturated heterocycles. The molecule has 5 nitrogen and oxygen atoms in total. The van der Waals surface area contributed by atoms with Crippen molar-refractivity contribution in [1.29, 1.82) is 0 Å². The van der Waals surface area contributed by atoms with Crippen molar-refractivity contribution in [2.24, 2.45) is 0 Å². The number of ether oxygens (including phenoxy) is 2. The van der Waals surface area contributed by atoms with E-state index >= 15 is 0 Å². The maximum Gasteiger partial charge on any atom is 0.163 e. The molecule has 1 aliphatic heterocycles. The summed E-state index contributed by atoms with van der Waals surface area (Å²) in [4.78, 5) is 4.89. The Morgan fingerprint density at radius 1 is 1.04 bits per heavy atom. The van der Waals surface area contributed by atoms with Gasteiger partial charge < -0.3 is 19.8 Å². The third kappa shape index (κ3) is 3.02. The molecule has 0 amide bonds. The van der Waals surface area contributed by atoms with E-state index in [0.29, 0.717) is 13.2 Å². The van der Waals surface area contributed by atoms with Gasteiger partial charge >= 0.3 is 0 Å². The molecule has 0 aliphatic carbocycles. The Labute approximate surface area is 147 Å². The maximum atomic E-state index is 5.84. The first-order chi connectivity index (χ1) is 12.3. The number of rotatable bonds is 5. The molecule has 4 rings (SSSR count). The lowest BCUT2D eigenvalue weighted by molar-refractivity contribution is 0.172. The fourth-order valence-corrected chi connectivity index (χ4v) is 3.26. The molecule has 0 unspecified atom stereocenters. The van der Waals surface area contributed by atoms with Crippen LogP contribution in [0.3, 0.4) is 0 Å². The van der Waals surface area contributed by atoms with Crippen molar-refractivity contribution in [3.63, 3.8) is 0 Å². The van der Waals surface area contributed by atoms with E-state index in [4.69, 9.17) is 20.2 Å². The van der Waals surface area contributed by atoms with Gasteiger partial charge in [-0.3, -0.25) is 0 Å². The molecule has 2 N–H and O–H groups in total. The molecule has 0 spiro atoms. The highest BCUT2D eigenvalue weighted by molar-refractivity contribution is 5.84. The van der Waals surface area contributed by atoms with Gasteiger partial charge in [-0.2, -0.15) is 0 Å². The second kappa shape index (κ2) is 6.67. The van der Waals surface area contributed by atoms with Gasteiger partial charge in [-0.1, -0.05) is 19.8 Å². The van der Waals surface area contributed by atoms with Crippen LogP contribution in [0.1, 0.15) is 26.2 Å². The zero-order chi connectivity index (χ0) is 17.2. The molecule has 3 aromatic rings. The highest BCUT2D eigenvalue weighted by Crippen LogP contribution is 2.36. The Morgan fingerprint density at radius 2 is 1.76 bits per heavy atom. The summed E-state index contributed by atoms with van der Waals surface area (Å²) in [6.07, 6.45) is 3.51. The number of hydrogen-bond donors (Lipinski definition) is 1. The molecule has 0 bridgehead atoms. The van der Waals surface area contributed by atoms with E-state index in [2.05, 4.69) is 17.6 Å². The number of nitrogens with two attached hydrogens (primary N) is 1. The Morgan fingerprint density at radius 3 is 2.48 bits per heavy atom. The first kappa shape index (κ1) is 15.8. The SMILES string of the molecule is CCCCCn1c(-c2ccc(N)cc2)nc2cc3c(cc21)OCCO3. The first-order valence-corrected chi connectivity index (χ1v) is 8.92. The van der Waals surface area contributed by atoms with Crippen molar-refractivity contribution in [2.75, 3.05) is 18.9 Å². The van der Waals surface area contributed by atoms with Crippen LogP contribution in [0.15, 0.2) is 36.4 Å². The standard InChI is InChI=1S/C20H23N3O2/c1-2-3-4-9-23-17-13-19-18(24-10-11-25-19)12-16(17)22-20(23)14-5-7-15(21)8-6-14/h5-8,12-13H,2-4,9-11,21H2,1H3. The van der Waals surface area contributed by atoms with Crippen LogP contribution in [0.4, 0.5) is 5.69 Å². The molecule has 25 heavy (non-hydrogen) atoms. The third-order valence-electron chi connectivity index (χ3n) is 4.57. The lowest BCUT2D eigenvalue weighted by Gasteiger charge is -2.18. The summed E-state index contributed by atoms with van der Waals surface area (Å²) < 4.78 is 13.8. The molecule has 1 aliphatic rings. The number of hydrogen-bond acceptors (Lipinski definition) is 4. The minimum absolute atomic E-state index is 0.584. The van der Waals surface area contributed by atoms with Crippen LogP contribution in [0.5, 0.6) is 11.5 Å². The lowest BCUT2D eigenvalue weighted by atomic mass is 10.2. The molecule has 2 heterocycles. The van der Waals surface area contributed by atoms with Gasteiger partial charge in [-0.25, -0.2) is 4.98 Å². The van der Waals surface area contributed by atoms with Crippen molar-refractivity contribution in [3.8, 4) is 22.9 Å². The van der Waals surface area contributed by atoms with Crippen molar-refractivity contribution in [1.82, 2.24) is 9.55 Å². The van der Waals surface area contributed by atoms with Crippen LogP contribution >= 0.6 is 0 Å². The molecule has 2 aromatic carbocycles. The van der Waals surface area contributed by atoms with E-state index in [0.717, 1.165) is 52.6 Å². The summed E-state index contributed by atoms with van der Waals surface area (Å²) in [5.41, 5.74) is 9.70. The zero-order valence-corrected chi connectivity index (χ0v) is 14.5. The number of benzene rings is 2. The van der Waals surface area contributed by atoms with Crippen LogP contribution in [0.25, 0.3) is 22.4 Å². The van der Waals surface area contributed by atoms with E-state index in [1.165, 1.54) is 12.8 Å². The Kier molecular flexibility index (Phi) is 4.22. The predicted molar refractivity (Wildman–Crippen MR) is 100 cm³/mol. The van der Waals surface area contributed by atoms with E-state index in [9.17, 15) is 0 Å². The number of nitrogen functional groups attached to an aromatic ring is 1. The first-order valence-electron chi connectivity index (χ1n) is 8.92. The van der Waals surface area contributed by atoms with Crippen LogP contribution in [0, 0.1) is 0 Å².